The van der Waals surface area contributed by atoms with Crippen molar-refractivity contribution in [2.75, 3.05) is 30.5 Å². The molecule has 10 heteroatoms. The van der Waals surface area contributed by atoms with Crippen LogP contribution in [0.15, 0.2) is 72.8 Å². The summed E-state index contributed by atoms with van der Waals surface area (Å²) in [5.74, 6) is -0.339. The van der Waals surface area contributed by atoms with Crippen LogP contribution in [0.1, 0.15) is 29.3 Å². The summed E-state index contributed by atoms with van der Waals surface area (Å²) >= 11 is 11.7. The third-order valence-electron chi connectivity index (χ3n) is 6.26. The van der Waals surface area contributed by atoms with Crippen LogP contribution in [0.2, 0.25) is 5.02 Å². The maximum Gasteiger partial charge on any atom is 0.338 e. The van der Waals surface area contributed by atoms with Crippen molar-refractivity contribution in [1.29, 1.82) is 0 Å². The van der Waals surface area contributed by atoms with E-state index in [9.17, 15) is 14.4 Å². The quantitative estimate of drug-likeness (QED) is 0.270. The molecule has 2 amide bonds. The first-order chi connectivity index (χ1) is 18.8. The lowest BCUT2D eigenvalue weighted by atomic mass is 10.1. The first-order valence-corrected chi connectivity index (χ1v) is 13.2. The summed E-state index contributed by atoms with van der Waals surface area (Å²) in [4.78, 5) is 41.9. The Labute approximate surface area is 237 Å². The predicted molar refractivity (Wildman–Crippen MR) is 154 cm³/mol. The van der Waals surface area contributed by atoms with Gasteiger partial charge in [0, 0.05) is 17.3 Å². The van der Waals surface area contributed by atoms with Crippen LogP contribution in [0.4, 0.5) is 11.4 Å². The second-order valence-corrected chi connectivity index (χ2v) is 9.59. The van der Waals surface area contributed by atoms with Crippen LogP contribution in [-0.2, 0) is 20.7 Å². The van der Waals surface area contributed by atoms with Gasteiger partial charge in [-0.2, -0.15) is 0 Å². The summed E-state index contributed by atoms with van der Waals surface area (Å²) in [6, 6.07) is 20.1. The van der Waals surface area contributed by atoms with Crippen molar-refractivity contribution in [1.82, 2.24) is 4.90 Å². The van der Waals surface area contributed by atoms with Crippen LogP contribution >= 0.6 is 23.8 Å². The highest BCUT2D eigenvalue weighted by atomic mass is 35.5. The third kappa shape index (κ3) is 6.74. The summed E-state index contributed by atoms with van der Waals surface area (Å²) in [5.41, 5.74) is 2.49. The molecule has 1 fully saturated rings. The molecule has 0 spiro atoms. The number of halogens is 1. The molecule has 1 heterocycles. The normalized spacial score (nSPS) is 14.9. The van der Waals surface area contributed by atoms with Crippen LogP contribution < -0.4 is 15.0 Å². The second-order valence-electron chi connectivity index (χ2n) is 8.79. The number of rotatable bonds is 10. The molecule has 1 saturated heterocycles. The van der Waals surface area contributed by atoms with Gasteiger partial charge in [-0.1, -0.05) is 23.7 Å². The fourth-order valence-electron chi connectivity index (χ4n) is 4.25. The number of methoxy groups -OCH3 is 1. The Morgan fingerprint density at radius 1 is 1.00 bits per heavy atom. The Morgan fingerprint density at radius 3 is 2.28 bits per heavy atom. The van der Waals surface area contributed by atoms with Crippen molar-refractivity contribution in [2.45, 2.75) is 25.8 Å². The minimum Gasteiger partial charge on any atom is -0.497 e. The summed E-state index contributed by atoms with van der Waals surface area (Å²) < 4.78 is 10.3. The zero-order valence-electron chi connectivity index (χ0n) is 21.6. The lowest BCUT2D eigenvalue weighted by Gasteiger charge is -2.24. The molecule has 202 valence electrons. The molecule has 3 aromatic carbocycles. The number of hydrogen-bond acceptors (Lipinski definition) is 6. The number of thiocarbonyl (C=S) groups is 1. The van der Waals surface area contributed by atoms with Crippen LogP contribution in [0.3, 0.4) is 0 Å². The van der Waals surface area contributed by atoms with Gasteiger partial charge in [-0.15, -0.1) is 0 Å². The molecule has 0 aromatic heterocycles. The molecule has 4 rings (SSSR count). The fourth-order valence-corrected chi connectivity index (χ4v) is 4.79. The minimum absolute atomic E-state index is 0.0956. The fraction of sp³-hybridized carbons (Fsp3) is 0.241. The van der Waals surface area contributed by atoms with Crippen molar-refractivity contribution >= 4 is 58.1 Å². The number of ether oxygens (including phenoxy) is 2. The lowest BCUT2D eigenvalue weighted by molar-refractivity contribution is -0.124. The molecule has 0 unspecified atom stereocenters. The average molecular weight is 566 g/mol. The van der Waals surface area contributed by atoms with Crippen molar-refractivity contribution in [2.24, 2.45) is 0 Å². The van der Waals surface area contributed by atoms with Gasteiger partial charge in [-0.25, -0.2) is 4.79 Å². The highest BCUT2D eigenvalue weighted by Gasteiger charge is 2.44. The van der Waals surface area contributed by atoms with Crippen molar-refractivity contribution in [3.05, 3.63) is 88.9 Å². The number of carbonyl (C=O) groups is 3. The molecule has 0 radical (unpaired) electrons. The molecule has 1 N–H and O–H groups in total. The average Bonchev–Trinajstić information content (AvgIpc) is 3.17. The standard InChI is InChI=1S/C29H28ClN3O5S/c1-3-38-28(36)20-6-12-23(13-7-20)33-27(35)25(18-26(34)31-22-10-8-21(30)9-11-22)32(29(33)39)17-16-19-4-14-24(37-2)15-5-19/h4-15,25H,3,16-18H2,1-2H3,(H,31,34)/t25-/m0/s1. The zero-order valence-corrected chi connectivity index (χ0v) is 23.1. The third-order valence-corrected chi connectivity index (χ3v) is 6.93. The van der Waals surface area contributed by atoms with Gasteiger partial charge in [-0.3, -0.25) is 14.5 Å². The molecule has 1 aliphatic heterocycles. The summed E-state index contributed by atoms with van der Waals surface area (Å²) in [6.07, 6.45) is 0.504. The molecule has 0 bridgehead atoms. The van der Waals surface area contributed by atoms with Crippen LogP contribution in [0.5, 0.6) is 5.75 Å². The van der Waals surface area contributed by atoms with Gasteiger partial charge in [0.2, 0.25) is 5.91 Å². The number of anilines is 2. The maximum atomic E-state index is 13.7. The summed E-state index contributed by atoms with van der Waals surface area (Å²) in [7, 11) is 1.61. The minimum atomic E-state index is -0.798. The van der Waals surface area contributed by atoms with Gasteiger partial charge in [0.1, 0.15) is 11.8 Å². The van der Waals surface area contributed by atoms with E-state index in [1.807, 2.05) is 24.3 Å². The monoisotopic (exact) mass is 565 g/mol. The van der Waals surface area contributed by atoms with Gasteiger partial charge in [0.05, 0.1) is 31.4 Å². The van der Waals surface area contributed by atoms with Crippen molar-refractivity contribution in [3.8, 4) is 5.75 Å². The zero-order chi connectivity index (χ0) is 27.9. The SMILES string of the molecule is CCOC(=O)c1ccc(N2C(=O)[C@H](CC(=O)Nc3ccc(Cl)cc3)N(CCc3ccc(OC)cc3)C2=S)cc1. The molecule has 1 atom stereocenters. The van der Waals surface area contributed by atoms with E-state index in [4.69, 9.17) is 33.3 Å². The number of nitrogens with zero attached hydrogens (tertiary/aromatic N) is 2. The largest absolute Gasteiger partial charge is 0.497 e. The summed E-state index contributed by atoms with van der Waals surface area (Å²) in [5, 5.41) is 3.67. The first-order valence-electron chi connectivity index (χ1n) is 12.4. The summed E-state index contributed by atoms with van der Waals surface area (Å²) in [6.45, 7) is 2.42. The number of carbonyl (C=O) groups excluding carboxylic acids is 3. The molecule has 0 saturated carbocycles. The molecular formula is C29H28ClN3O5S. The van der Waals surface area contributed by atoms with E-state index in [0.717, 1.165) is 11.3 Å². The van der Waals surface area contributed by atoms with E-state index in [-0.39, 0.29) is 24.8 Å². The highest BCUT2D eigenvalue weighted by Crippen LogP contribution is 2.28. The molecule has 0 aliphatic carbocycles. The smallest absolute Gasteiger partial charge is 0.338 e. The Bertz CT molecular complexity index is 1350. The van der Waals surface area contributed by atoms with E-state index in [1.165, 1.54) is 4.90 Å². The topological polar surface area (TPSA) is 88.2 Å². The second kappa shape index (κ2) is 12.7. The van der Waals surface area contributed by atoms with E-state index >= 15 is 0 Å². The van der Waals surface area contributed by atoms with Crippen LogP contribution in [0.25, 0.3) is 0 Å². The Balaban J connectivity index is 1.55. The Morgan fingerprint density at radius 2 is 1.67 bits per heavy atom. The van der Waals surface area contributed by atoms with Gasteiger partial charge in [0.15, 0.2) is 5.11 Å². The predicted octanol–water partition coefficient (Wildman–Crippen LogP) is 5.10. The van der Waals surface area contributed by atoms with E-state index in [0.29, 0.717) is 40.0 Å². The van der Waals surface area contributed by atoms with Crippen LogP contribution in [0, 0.1) is 0 Å². The van der Waals surface area contributed by atoms with Crippen LogP contribution in [-0.4, -0.2) is 54.1 Å². The van der Waals surface area contributed by atoms with Gasteiger partial charge >= 0.3 is 5.97 Å². The lowest BCUT2D eigenvalue weighted by Crippen LogP contribution is -2.39. The molecule has 1 aliphatic rings. The number of nitrogens with one attached hydrogen (secondary N) is 1. The Kier molecular flexibility index (Phi) is 9.16. The number of amides is 2. The van der Waals surface area contributed by atoms with E-state index in [2.05, 4.69) is 5.32 Å². The Hall–Kier alpha value is -3.95. The van der Waals surface area contributed by atoms with Crippen molar-refractivity contribution < 1.29 is 23.9 Å². The molecule has 3 aromatic rings. The number of hydrogen-bond donors (Lipinski definition) is 1. The molecular weight excluding hydrogens is 538 g/mol. The number of esters is 1. The number of benzene rings is 3. The van der Waals surface area contributed by atoms with E-state index in [1.54, 1.807) is 67.5 Å². The van der Waals surface area contributed by atoms with Gasteiger partial charge in [-0.05, 0) is 91.8 Å². The highest BCUT2D eigenvalue weighted by molar-refractivity contribution is 7.80. The maximum absolute atomic E-state index is 13.7. The van der Waals surface area contributed by atoms with Crippen molar-refractivity contribution in [3.63, 3.8) is 0 Å². The molecule has 39 heavy (non-hydrogen) atoms. The van der Waals surface area contributed by atoms with Gasteiger partial charge < -0.3 is 19.7 Å². The molecule has 8 nitrogen and oxygen atoms in total. The first kappa shape index (κ1) is 28.1. The van der Waals surface area contributed by atoms with Gasteiger partial charge in [0.25, 0.3) is 5.91 Å². The van der Waals surface area contributed by atoms with E-state index < -0.39 is 12.0 Å².